The highest BCUT2D eigenvalue weighted by Gasteiger charge is 2.21. The van der Waals surface area contributed by atoms with Crippen molar-refractivity contribution in [1.82, 2.24) is 15.0 Å². The van der Waals surface area contributed by atoms with Crippen molar-refractivity contribution >= 4 is 6.29 Å². The molecule has 1 heterocycles. The molecule has 4 heteroatoms. The van der Waals surface area contributed by atoms with Gasteiger partial charge < -0.3 is 0 Å². The van der Waals surface area contributed by atoms with Crippen LogP contribution in [0.15, 0.2) is 18.2 Å². The summed E-state index contributed by atoms with van der Waals surface area (Å²) < 4.78 is 1.84. The van der Waals surface area contributed by atoms with Gasteiger partial charge in [-0.3, -0.25) is 4.79 Å². The molecule has 0 bridgehead atoms. The Labute approximate surface area is 119 Å². The van der Waals surface area contributed by atoms with Crippen molar-refractivity contribution in [2.24, 2.45) is 0 Å². The molecule has 20 heavy (non-hydrogen) atoms. The topological polar surface area (TPSA) is 47.8 Å². The largest absolute Gasteiger partial charge is 0.296 e. The van der Waals surface area contributed by atoms with Gasteiger partial charge in [0.15, 0.2) is 6.29 Å². The first-order chi connectivity index (χ1) is 9.63. The molecule has 2 aromatic rings. The van der Waals surface area contributed by atoms with Crippen LogP contribution in [0.5, 0.6) is 0 Å². The van der Waals surface area contributed by atoms with E-state index in [0.717, 1.165) is 30.5 Å². The summed E-state index contributed by atoms with van der Waals surface area (Å²) >= 11 is 0. The van der Waals surface area contributed by atoms with Gasteiger partial charge in [0.2, 0.25) is 0 Å². The summed E-state index contributed by atoms with van der Waals surface area (Å²) in [5, 5.41) is 8.25. The number of nitrogens with zero attached hydrogens (tertiary/aromatic N) is 3. The number of aromatic nitrogens is 3. The third-order valence-electron chi connectivity index (χ3n) is 4.02. The first-order valence-corrected chi connectivity index (χ1v) is 7.11. The molecule has 106 valence electrons. The lowest BCUT2D eigenvalue weighted by Crippen LogP contribution is -2.10. The van der Waals surface area contributed by atoms with Gasteiger partial charge in [-0.05, 0) is 43.9 Å². The van der Waals surface area contributed by atoms with Gasteiger partial charge in [-0.2, -0.15) is 0 Å². The zero-order valence-corrected chi connectivity index (χ0v) is 12.6. The summed E-state index contributed by atoms with van der Waals surface area (Å²) in [6.45, 7) is 8.41. The van der Waals surface area contributed by atoms with E-state index < -0.39 is 0 Å². The molecule has 1 aromatic heterocycles. The van der Waals surface area contributed by atoms with Crippen molar-refractivity contribution < 1.29 is 4.79 Å². The van der Waals surface area contributed by atoms with Gasteiger partial charge in [-0.1, -0.05) is 31.2 Å². The van der Waals surface area contributed by atoms with Crippen molar-refractivity contribution in [1.29, 1.82) is 0 Å². The second-order valence-electron chi connectivity index (χ2n) is 5.12. The minimum atomic E-state index is 0.296. The molecule has 0 radical (unpaired) electrons. The maximum Gasteiger partial charge on any atom is 0.172 e. The molecule has 0 saturated carbocycles. The molecule has 0 aliphatic rings. The van der Waals surface area contributed by atoms with Crippen LogP contribution in [-0.2, 0) is 0 Å². The van der Waals surface area contributed by atoms with Gasteiger partial charge in [0.25, 0.3) is 0 Å². The third kappa shape index (κ3) is 2.38. The van der Waals surface area contributed by atoms with Crippen LogP contribution < -0.4 is 0 Å². The van der Waals surface area contributed by atoms with Crippen molar-refractivity contribution in [3.8, 4) is 5.69 Å². The lowest BCUT2D eigenvalue weighted by Gasteiger charge is -2.16. The fraction of sp³-hybridized carbons (Fsp3) is 0.438. The van der Waals surface area contributed by atoms with Gasteiger partial charge >= 0.3 is 0 Å². The van der Waals surface area contributed by atoms with Crippen molar-refractivity contribution in [3.05, 3.63) is 40.7 Å². The van der Waals surface area contributed by atoms with Gasteiger partial charge in [0.05, 0.1) is 11.4 Å². The number of aldehydes is 1. The summed E-state index contributed by atoms with van der Waals surface area (Å²) in [7, 11) is 0. The molecular formula is C16H21N3O. The Kier molecular flexibility index (Phi) is 4.32. The van der Waals surface area contributed by atoms with Crippen LogP contribution in [0.25, 0.3) is 5.69 Å². The average molecular weight is 271 g/mol. The quantitative estimate of drug-likeness (QED) is 0.781. The summed E-state index contributed by atoms with van der Waals surface area (Å²) in [5.41, 5.74) is 4.77. The van der Waals surface area contributed by atoms with E-state index in [1.54, 1.807) is 0 Å². The van der Waals surface area contributed by atoms with Crippen LogP contribution in [-0.4, -0.2) is 21.3 Å². The number of hydrogen-bond acceptors (Lipinski definition) is 3. The zero-order chi connectivity index (χ0) is 14.7. The second kappa shape index (κ2) is 5.99. The summed E-state index contributed by atoms with van der Waals surface area (Å²) in [4.78, 5) is 11.2. The molecular weight excluding hydrogens is 250 g/mol. The maximum absolute atomic E-state index is 11.2. The molecule has 0 fully saturated rings. The van der Waals surface area contributed by atoms with Gasteiger partial charge in [-0.15, -0.1) is 5.10 Å². The summed E-state index contributed by atoms with van der Waals surface area (Å²) in [6.07, 6.45) is 2.74. The van der Waals surface area contributed by atoms with Crippen LogP contribution in [0.1, 0.15) is 59.9 Å². The second-order valence-corrected chi connectivity index (χ2v) is 5.12. The predicted molar refractivity (Wildman–Crippen MR) is 79.5 cm³/mol. The minimum absolute atomic E-state index is 0.296. The van der Waals surface area contributed by atoms with Gasteiger partial charge in [0, 0.05) is 5.92 Å². The maximum atomic E-state index is 11.2. The monoisotopic (exact) mass is 271 g/mol. The highest BCUT2D eigenvalue weighted by molar-refractivity contribution is 5.74. The Morgan fingerprint density at radius 3 is 2.55 bits per heavy atom. The molecule has 4 nitrogen and oxygen atoms in total. The SMILES string of the molecule is CCC(CC)c1c(C=O)nnn1-c1cccc(C)c1C. The third-order valence-corrected chi connectivity index (χ3v) is 4.02. The Bertz CT molecular complexity index is 612. The Hall–Kier alpha value is -1.97. The number of carbonyl (C=O) groups is 1. The van der Waals surface area contributed by atoms with Crippen LogP contribution >= 0.6 is 0 Å². The van der Waals surface area contributed by atoms with Crippen molar-refractivity contribution in [3.63, 3.8) is 0 Å². The Morgan fingerprint density at radius 1 is 1.25 bits per heavy atom. The van der Waals surface area contributed by atoms with E-state index >= 15 is 0 Å². The van der Waals surface area contributed by atoms with Crippen LogP contribution in [0.3, 0.4) is 0 Å². The first-order valence-electron chi connectivity index (χ1n) is 7.11. The molecule has 0 aliphatic carbocycles. The molecule has 0 spiro atoms. The molecule has 0 N–H and O–H groups in total. The minimum Gasteiger partial charge on any atom is -0.296 e. The van der Waals surface area contributed by atoms with E-state index in [9.17, 15) is 4.79 Å². The fourth-order valence-corrected chi connectivity index (χ4v) is 2.59. The first kappa shape index (κ1) is 14.4. The summed E-state index contributed by atoms with van der Waals surface area (Å²) in [5.74, 6) is 0.296. The lowest BCUT2D eigenvalue weighted by atomic mass is 9.97. The molecule has 0 unspecified atom stereocenters. The molecule has 1 aromatic carbocycles. The predicted octanol–water partition coefficient (Wildman–Crippen LogP) is 3.60. The number of hydrogen-bond donors (Lipinski definition) is 0. The Morgan fingerprint density at radius 2 is 1.95 bits per heavy atom. The van der Waals surface area contributed by atoms with Crippen LogP contribution in [0, 0.1) is 13.8 Å². The Balaban J connectivity index is 2.65. The zero-order valence-electron chi connectivity index (χ0n) is 12.6. The van der Waals surface area contributed by atoms with Gasteiger partial charge in [-0.25, -0.2) is 4.68 Å². The molecule has 2 rings (SSSR count). The number of rotatable bonds is 5. The van der Waals surface area contributed by atoms with E-state index in [1.807, 2.05) is 16.8 Å². The van der Waals surface area contributed by atoms with E-state index in [-0.39, 0.29) is 0 Å². The van der Waals surface area contributed by atoms with E-state index in [1.165, 1.54) is 11.1 Å². The van der Waals surface area contributed by atoms with Crippen molar-refractivity contribution in [2.45, 2.75) is 46.5 Å². The van der Waals surface area contributed by atoms with E-state index in [2.05, 4.69) is 44.1 Å². The van der Waals surface area contributed by atoms with E-state index in [0.29, 0.717) is 11.6 Å². The molecule has 0 amide bonds. The normalized spacial score (nSPS) is 11.1. The fourth-order valence-electron chi connectivity index (χ4n) is 2.59. The smallest absolute Gasteiger partial charge is 0.172 e. The lowest BCUT2D eigenvalue weighted by molar-refractivity contribution is 0.111. The van der Waals surface area contributed by atoms with Crippen molar-refractivity contribution in [2.75, 3.05) is 0 Å². The number of benzene rings is 1. The molecule has 0 saturated heterocycles. The standard InChI is InChI=1S/C16H21N3O/c1-5-13(6-2)16-14(10-20)17-18-19(16)15-9-7-8-11(3)12(15)4/h7-10,13H,5-6H2,1-4H3. The number of carbonyl (C=O) groups excluding carboxylic acids is 1. The highest BCUT2D eigenvalue weighted by Crippen LogP contribution is 2.28. The number of aryl methyl sites for hydroxylation is 1. The highest BCUT2D eigenvalue weighted by atomic mass is 16.1. The van der Waals surface area contributed by atoms with Gasteiger partial charge in [0.1, 0.15) is 5.69 Å². The van der Waals surface area contributed by atoms with Crippen LogP contribution in [0.4, 0.5) is 0 Å². The average Bonchev–Trinajstić information content (AvgIpc) is 2.87. The van der Waals surface area contributed by atoms with Crippen LogP contribution in [0.2, 0.25) is 0 Å². The molecule has 0 atom stereocenters. The molecule has 0 aliphatic heterocycles. The summed E-state index contributed by atoms with van der Waals surface area (Å²) in [6, 6.07) is 6.11. The van der Waals surface area contributed by atoms with E-state index in [4.69, 9.17) is 0 Å².